The third-order valence-corrected chi connectivity index (χ3v) is 9.26. The molecule has 0 bridgehead atoms. The zero-order valence-electron chi connectivity index (χ0n) is 26.6. The van der Waals surface area contributed by atoms with Crippen LogP contribution in [0.2, 0.25) is 0 Å². The van der Waals surface area contributed by atoms with Crippen molar-refractivity contribution in [3.8, 4) is 0 Å². The highest BCUT2D eigenvalue weighted by atomic mass is 31.2. The molecule has 2 amide bonds. The van der Waals surface area contributed by atoms with Crippen LogP contribution in [0.5, 0.6) is 0 Å². The van der Waals surface area contributed by atoms with Crippen molar-refractivity contribution in [2.75, 3.05) is 7.05 Å². The zero-order valence-corrected chi connectivity index (χ0v) is 27.5. The first-order chi connectivity index (χ1) is 21.1. The van der Waals surface area contributed by atoms with Gasteiger partial charge < -0.3 is 19.7 Å². The summed E-state index contributed by atoms with van der Waals surface area (Å²) in [5, 5.41) is 9.03. The minimum Gasteiger partial charge on any atom is -0.357 e. The van der Waals surface area contributed by atoms with Gasteiger partial charge in [0, 0.05) is 13.5 Å². The number of likely N-dealkylation sites (N-methyl/N-ethyl adjacent to an activating group) is 1. The van der Waals surface area contributed by atoms with Crippen LogP contribution >= 0.6 is 7.60 Å². The Morgan fingerprint density at radius 1 is 0.659 bits per heavy atom. The molecule has 8 nitrogen and oxygen atoms in total. The summed E-state index contributed by atoms with van der Waals surface area (Å²) < 4.78 is 27.1. The molecule has 9 heteroatoms. The van der Waals surface area contributed by atoms with Crippen molar-refractivity contribution in [3.05, 3.63) is 108 Å². The predicted molar refractivity (Wildman–Crippen MR) is 176 cm³/mol. The van der Waals surface area contributed by atoms with Gasteiger partial charge in [0.1, 0.15) is 11.8 Å². The number of hydrogen-bond acceptors (Lipinski definition) is 6. The summed E-state index contributed by atoms with van der Waals surface area (Å²) in [7, 11) is -2.28. The van der Waals surface area contributed by atoms with E-state index in [1.54, 1.807) is 7.05 Å². The van der Waals surface area contributed by atoms with Gasteiger partial charge in [-0.25, -0.2) is 0 Å². The highest BCUT2D eigenvalue weighted by Crippen LogP contribution is 2.55. The van der Waals surface area contributed by atoms with Crippen molar-refractivity contribution in [1.29, 1.82) is 0 Å². The Labute approximate surface area is 262 Å². The van der Waals surface area contributed by atoms with Gasteiger partial charge >= 0.3 is 7.60 Å². The molecule has 0 saturated carbocycles. The maximum Gasteiger partial charge on any atom is 0.348 e. The summed E-state index contributed by atoms with van der Waals surface area (Å²) in [6, 6.07) is 27.1. The van der Waals surface area contributed by atoms with Crippen LogP contribution in [0.3, 0.4) is 0 Å². The van der Waals surface area contributed by atoms with E-state index >= 15 is 0 Å². The largest absolute Gasteiger partial charge is 0.357 e. The lowest BCUT2D eigenvalue weighted by atomic mass is 10.0. The Balaban J connectivity index is 1.89. The smallest absolute Gasteiger partial charge is 0.348 e. The van der Waals surface area contributed by atoms with E-state index in [2.05, 4.69) is 16.0 Å². The molecule has 0 aromatic heterocycles. The second-order valence-electron chi connectivity index (χ2n) is 11.9. The van der Waals surface area contributed by atoms with Crippen molar-refractivity contribution in [2.24, 2.45) is 11.8 Å². The number of hydrogen-bond donors (Lipinski definition) is 3. The number of carbonyl (C=O) groups is 2. The van der Waals surface area contributed by atoms with Crippen LogP contribution in [-0.4, -0.2) is 36.7 Å². The lowest BCUT2D eigenvalue weighted by Gasteiger charge is -2.33. The molecule has 0 radical (unpaired) electrons. The van der Waals surface area contributed by atoms with Gasteiger partial charge in [0.05, 0.1) is 19.3 Å². The summed E-state index contributed by atoms with van der Waals surface area (Å²) in [5.41, 5.74) is 2.66. The molecule has 44 heavy (non-hydrogen) atoms. The van der Waals surface area contributed by atoms with Crippen molar-refractivity contribution in [1.82, 2.24) is 16.0 Å². The van der Waals surface area contributed by atoms with Gasteiger partial charge in [0.15, 0.2) is 0 Å². The average molecular weight is 622 g/mol. The van der Waals surface area contributed by atoms with Crippen LogP contribution < -0.4 is 16.0 Å². The standard InChI is InChI=1S/C35H48N3O5P/c1-26(2)21-31(35(40)38-32(34(39)36-5)23-28-15-9-6-10-16-28)37-33(22-27(3)4)44(41,42-24-29-17-11-7-12-18-29)43-25-30-19-13-8-14-20-30/h6-20,26-27,31-33,37H,21-25H2,1-5H3,(H,36,39)(H,38,40)/t31-,32-,33+/m0/s1. The van der Waals surface area contributed by atoms with Crippen LogP contribution in [0.1, 0.15) is 57.2 Å². The fourth-order valence-electron chi connectivity index (χ4n) is 4.89. The van der Waals surface area contributed by atoms with Crippen molar-refractivity contribution >= 4 is 19.4 Å². The lowest BCUT2D eigenvalue weighted by molar-refractivity contribution is -0.130. The minimum absolute atomic E-state index is 0.0973. The molecule has 0 spiro atoms. The van der Waals surface area contributed by atoms with Gasteiger partial charge in [-0.2, -0.15) is 0 Å². The normalized spacial score (nSPS) is 13.8. The number of benzene rings is 3. The summed E-state index contributed by atoms with van der Waals surface area (Å²) >= 11 is 0. The molecule has 0 unspecified atom stereocenters. The Kier molecular flexibility index (Phi) is 14.3. The quantitative estimate of drug-likeness (QED) is 0.141. The monoisotopic (exact) mass is 621 g/mol. The van der Waals surface area contributed by atoms with E-state index in [-0.39, 0.29) is 36.9 Å². The molecule has 3 rings (SSSR count). The number of carbonyl (C=O) groups excluding carboxylic acids is 2. The molecule has 0 fully saturated rings. The highest BCUT2D eigenvalue weighted by Gasteiger charge is 2.40. The van der Waals surface area contributed by atoms with Gasteiger partial charge in [-0.05, 0) is 41.4 Å². The topological polar surface area (TPSA) is 106 Å². The molecule has 0 aliphatic heterocycles. The van der Waals surface area contributed by atoms with E-state index in [1.165, 1.54) is 0 Å². The molecule has 0 aliphatic rings. The van der Waals surface area contributed by atoms with Crippen LogP contribution in [-0.2, 0) is 42.8 Å². The number of amides is 2. The fourth-order valence-corrected chi connectivity index (χ4v) is 7.02. The number of rotatable bonds is 18. The van der Waals surface area contributed by atoms with Gasteiger partial charge in [-0.3, -0.25) is 19.5 Å². The van der Waals surface area contributed by atoms with Gasteiger partial charge in [0.25, 0.3) is 0 Å². The fraction of sp³-hybridized carbons (Fsp3) is 0.429. The molecular weight excluding hydrogens is 573 g/mol. The Morgan fingerprint density at radius 3 is 1.55 bits per heavy atom. The van der Waals surface area contributed by atoms with E-state index in [0.717, 1.165) is 16.7 Å². The SMILES string of the molecule is CNC(=O)[C@H](Cc1ccccc1)NC(=O)[C@H](CC(C)C)N[C@@H](CC(C)C)P(=O)(OCc1ccccc1)OCc1ccccc1. The van der Waals surface area contributed by atoms with Crippen molar-refractivity contribution in [3.63, 3.8) is 0 Å². The van der Waals surface area contributed by atoms with Gasteiger partial charge in [-0.1, -0.05) is 119 Å². The third-order valence-electron chi connectivity index (χ3n) is 7.16. The van der Waals surface area contributed by atoms with Crippen LogP contribution in [0.4, 0.5) is 0 Å². The van der Waals surface area contributed by atoms with E-state index in [4.69, 9.17) is 9.05 Å². The Bertz CT molecular complexity index is 1270. The molecule has 0 heterocycles. The molecule has 3 atom stereocenters. The molecule has 3 aromatic rings. The average Bonchev–Trinajstić information content (AvgIpc) is 3.02. The Morgan fingerprint density at radius 2 is 1.11 bits per heavy atom. The van der Waals surface area contributed by atoms with E-state index in [0.29, 0.717) is 19.3 Å². The van der Waals surface area contributed by atoms with E-state index in [1.807, 2.05) is 119 Å². The van der Waals surface area contributed by atoms with Crippen molar-refractivity contribution < 1.29 is 23.2 Å². The van der Waals surface area contributed by atoms with Crippen LogP contribution in [0, 0.1) is 11.8 Å². The first kappa shape index (κ1) is 35.2. The summed E-state index contributed by atoms with van der Waals surface area (Å²) in [5.74, 6) is -1.12. The summed E-state index contributed by atoms with van der Waals surface area (Å²) in [6.45, 7) is 8.31. The molecular formula is C35H48N3O5P. The number of nitrogens with one attached hydrogen (secondary N) is 3. The summed E-state index contributed by atoms with van der Waals surface area (Å²) in [6.07, 6.45) is 1.25. The van der Waals surface area contributed by atoms with Crippen LogP contribution in [0.15, 0.2) is 91.0 Å². The highest BCUT2D eigenvalue weighted by molar-refractivity contribution is 7.54. The van der Waals surface area contributed by atoms with E-state index < -0.39 is 25.5 Å². The van der Waals surface area contributed by atoms with Gasteiger partial charge in [0.2, 0.25) is 11.8 Å². The molecule has 3 N–H and O–H groups in total. The van der Waals surface area contributed by atoms with E-state index in [9.17, 15) is 14.2 Å². The summed E-state index contributed by atoms with van der Waals surface area (Å²) in [4.78, 5) is 26.7. The molecule has 0 aliphatic carbocycles. The predicted octanol–water partition coefficient (Wildman–Crippen LogP) is 6.46. The lowest BCUT2D eigenvalue weighted by Crippen LogP contribution is -2.55. The van der Waals surface area contributed by atoms with Crippen molar-refractivity contribution in [2.45, 2.75) is 78.0 Å². The molecule has 238 valence electrons. The zero-order chi connectivity index (χ0) is 32.0. The van der Waals surface area contributed by atoms with Gasteiger partial charge in [-0.15, -0.1) is 0 Å². The third kappa shape index (κ3) is 11.7. The Hall–Kier alpha value is -3.29. The second kappa shape index (κ2) is 17.9. The molecule has 3 aromatic carbocycles. The minimum atomic E-state index is -3.84. The first-order valence-electron chi connectivity index (χ1n) is 15.4. The first-order valence-corrected chi connectivity index (χ1v) is 17.0. The maximum absolute atomic E-state index is 14.8. The maximum atomic E-state index is 14.8. The van der Waals surface area contributed by atoms with Crippen LogP contribution in [0.25, 0.3) is 0 Å². The second-order valence-corrected chi connectivity index (χ2v) is 14.1. The molecule has 0 saturated heterocycles.